The van der Waals surface area contributed by atoms with Crippen molar-refractivity contribution in [1.82, 2.24) is 10.2 Å². The van der Waals surface area contributed by atoms with Crippen molar-refractivity contribution in [3.05, 3.63) is 89.5 Å². The van der Waals surface area contributed by atoms with E-state index in [1.54, 1.807) is 13.1 Å². The van der Waals surface area contributed by atoms with Crippen molar-refractivity contribution in [1.29, 1.82) is 0 Å². The molecule has 3 aromatic carbocycles. The minimum absolute atomic E-state index is 0.113. The van der Waals surface area contributed by atoms with E-state index in [1.165, 1.54) is 11.1 Å². The van der Waals surface area contributed by atoms with Crippen molar-refractivity contribution in [3.63, 3.8) is 0 Å². The third kappa shape index (κ3) is 5.32. The van der Waals surface area contributed by atoms with Crippen LogP contribution in [-0.4, -0.2) is 48.8 Å². The molecule has 0 saturated heterocycles. The second kappa shape index (κ2) is 9.77. The Balaban J connectivity index is 1.35. The second-order valence-electron chi connectivity index (χ2n) is 7.91. The number of carbonyl (C=O) groups excluding carboxylic acids is 1. The average Bonchev–Trinajstić information content (AvgIpc) is 2.82. The van der Waals surface area contributed by atoms with Crippen LogP contribution in [-0.2, 0) is 13.0 Å². The van der Waals surface area contributed by atoms with Gasteiger partial charge in [0.05, 0.1) is 0 Å². The highest BCUT2D eigenvalue weighted by atomic mass is 16.5. The summed E-state index contributed by atoms with van der Waals surface area (Å²) in [6.45, 7) is 2.64. The number of benzene rings is 3. The lowest BCUT2D eigenvalue weighted by atomic mass is 10.00. The number of amides is 1. The Morgan fingerprint density at radius 3 is 2.58 bits per heavy atom. The minimum atomic E-state index is -0.564. The summed E-state index contributed by atoms with van der Waals surface area (Å²) in [5.74, 6) is 0.587. The molecular weight excluding hydrogens is 388 g/mol. The van der Waals surface area contributed by atoms with Gasteiger partial charge in [-0.15, -0.1) is 0 Å². The van der Waals surface area contributed by atoms with E-state index in [2.05, 4.69) is 34.5 Å². The Morgan fingerprint density at radius 1 is 1.03 bits per heavy atom. The Morgan fingerprint density at radius 2 is 1.77 bits per heavy atom. The van der Waals surface area contributed by atoms with Crippen LogP contribution in [0.15, 0.2) is 72.8 Å². The molecule has 1 aliphatic heterocycles. The summed E-state index contributed by atoms with van der Waals surface area (Å²) in [5.41, 5.74) is 5.27. The fraction of sp³-hybridized carbons (Fsp3) is 0.269. The van der Waals surface area contributed by atoms with E-state index in [0.717, 1.165) is 30.6 Å². The number of aliphatic hydroxyl groups excluding tert-OH is 1. The number of carbonyl (C=O) groups is 1. The monoisotopic (exact) mass is 416 g/mol. The molecule has 3 aromatic rings. The van der Waals surface area contributed by atoms with Crippen molar-refractivity contribution in [2.75, 3.05) is 26.7 Å². The number of rotatable bonds is 7. The highest BCUT2D eigenvalue weighted by Crippen LogP contribution is 2.25. The lowest BCUT2D eigenvalue weighted by molar-refractivity contribution is 0.0638. The van der Waals surface area contributed by atoms with Crippen molar-refractivity contribution >= 4 is 5.91 Å². The summed E-state index contributed by atoms with van der Waals surface area (Å²) >= 11 is 0. The number of hydrogen-bond acceptors (Lipinski definition) is 4. The number of hydrogen-bond donors (Lipinski definition) is 2. The fourth-order valence-electron chi connectivity index (χ4n) is 4.00. The molecular formula is C26H28N2O3. The maximum Gasteiger partial charge on any atom is 0.251 e. The van der Waals surface area contributed by atoms with Gasteiger partial charge >= 0.3 is 0 Å². The van der Waals surface area contributed by atoms with Gasteiger partial charge in [0, 0.05) is 32.2 Å². The highest BCUT2D eigenvalue weighted by Gasteiger charge is 2.18. The molecule has 1 atom stereocenters. The van der Waals surface area contributed by atoms with E-state index in [0.29, 0.717) is 17.9 Å². The normalized spacial score (nSPS) is 14.5. The average molecular weight is 417 g/mol. The maximum atomic E-state index is 11.9. The summed E-state index contributed by atoms with van der Waals surface area (Å²) in [7, 11) is 1.62. The number of β-amino-alcohol motifs (C(OH)–C–C–N with tert-alkyl or cyclic N) is 1. The molecule has 1 aliphatic rings. The summed E-state index contributed by atoms with van der Waals surface area (Å²) in [5, 5.41) is 13.2. The van der Waals surface area contributed by atoms with E-state index in [1.807, 2.05) is 42.5 Å². The molecule has 5 nitrogen and oxygen atoms in total. The van der Waals surface area contributed by atoms with Crippen LogP contribution in [0, 0.1) is 0 Å². The fourth-order valence-corrected chi connectivity index (χ4v) is 4.00. The van der Waals surface area contributed by atoms with Crippen LogP contribution in [0.2, 0.25) is 0 Å². The third-order valence-electron chi connectivity index (χ3n) is 5.64. The largest absolute Gasteiger partial charge is 0.491 e. The van der Waals surface area contributed by atoms with Gasteiger partial charge in [-0.25, -0.2) is 0 Å². The van der Waals surface area contributed by atoms with Crippen LogP contribution >= 0.6 is 0 Å². The Kier molecular flexibility index (Phi) is 6.65. The second-order valence-corrected chi connectivity index (χ2v) is 7.91. The standard InChI is InChI=1S/C26H28N2O3/c1-27-26(30)22-10-4-8-20(14-22)21-9-5-11-25(15-21)31-18-24(29)17-28-13-12-19-6-2-3-7-23(19)16-28/h2-11,14-15,24,29H,12-13,16-18H2,1H3,(H,27,30). The number of aliphatic hydroxyl groups is 1. The van der Waals surface area contributed by atoms with Crippen molar-refractivity contribution in [3.8, 4) is 16.9 Å². The van der Waals surface area contributed by atoms with Crippen LogP contribution in [0.25, 0.3) is 11.1 Å². The minimum Gasteiger partial charge on any atom is -0.491 e. The molecule has 1 unspecified atom stereocenters. The van der Waals surface area contributed by atoms with Gasteiger partial charge in [-0.3, -0.25) is 9.69 Å². The van der Waals surface area contributed by atoms with Gasteiger partial charge in [-0.05, 0) is 52.9 Å². The van der Waals surface area contributed by atoms with Crippen molar-refractivity contribution in [2.24, 2.45) is 0 Å². The van der Waals surface area contributed by atoms with Crippen LogP contribution in [0.3, 0.4) is 0 Å². The maximum absolute atomic E-state index is 11.9. The lowest BCUT2D eigenvalue weighted by Crippen LogP contribution is -2.38. The van der Waals surface area contributed by atoms with Gasteiger partial charge < -0.3 is 15.2 Å². The SMILES string of the molecule is CNC(=O)c1cccc(-c2cccc(OCC(O)CN3CCc4ccccc4C3)c2)c1. The number of fused-ring (bicyclic) bond motifs is 1. The first-order chi connectivity index (χ1) is 15.1. The summed E-state index contributed by atoms with van der Waals surface area (Å²) in [4.78, 5) is 14.2. The zero-order chi connectivity index (χ0) is 21.6. The number of ether oxygens (including phenoxy) is 1. The molecule has 1 amide bonds. The molecule has 0 saturated carbocycles. The van der Waals surface area contributed by atoms with Gasteiger partial charge in [0.25, 0.3) is 5.91 Å². The van der Waals surface area contributed by atoms with Crippen LogP contribution in [0.1, 0.15) is 21.5 Å². The number of nitrogens with zero attached hydrogens (tertiary/aromatic N) is 1. The van der Waals surface area contributed by atoms with E-state index >= 15 is 0 Å². The van der Waals surface area contributed by atoms with Gasteiger partial charge in [0.2, 0.25) is 0 Å². The first-order valence-electron chi connectivity index (χ1n) is 10.6. The molecule has 0 aliphatic carbocycles. The van der Waals surface area contributed by atoms with Crippen LogP contribution in [0.5, 0.6) is 5.75 Å². The predicted molar refractivity (Wildman–Crippen MR) is 122 cm³/mol. The zero-order valence-electron chi connectivity index (χ0n) is 17.8. The Bertz CT molecular complexity index is 1050. The van der Waals surface area contributed by atoms with E-state index in [4.69, 9.17) is 4.74 Å². The molecule has 1 heterocycles. The van der Waals surface area contributed by atoms with E-state index < -0.39 is 6.10 Å². The van der Waals surface area contributed by atoms with Gasteiger partial charge in [0.15, 0.2) is 0 Å². The molecule has 160 valence electrons. The molecule has 0 spiro atoms. The predicted octanol–water partition coefficient (Wildman–Crippen LogP) is 3.51. The topological polar surface area (TPSA) is 61.8 Å². The number of nitrogens with one attached hydrogen (secondary N) is 1. The summed E-state index contributed by atoms with van der Waals surface area (Å²) < 4.78 is 5.88. The smallest absolute Gasteiger partial charge is 0.251 e. The molecule has 4 rings (SSSR count). The van der Waals surface area contributed by atoms with Gasteiger partial charge in [-0.2, -0.15) is 0 Å². The van der Waals surface area contributed by atoms with Crippen molar-refractivity contribution in [2.45, 2.75) is 19.1 Å². The Hall–Kier alpha value is -3.15. The first-order valence-corrected chi connectivity index (χ1v) is 10.6. The molecule has 0 bridgehead atoms. The highest BCUT2D eigenvalue weighted by molar-refractivity contribution is 5.95. The van der Waals surface area contributed by atoms with Crippen LogP contribution in [0.4, 0.5) is 0 Å². The van der Waals surface area contributed by atoms with Crippen molar-refractivity contribution < 1.29 is 14.6 Å². The van der Waals surface area contributed by atoms with Gasteiger partial charge in [0.1, 0.15) is 18.5 Å². The molecule has 0 aromatic heterocycles. The van der Waals surface area contributed by atoms with Gasteiger partial charge in [-0.1, -0.05) is 48.5 Å². The quantitative estimate of drug-likeness (QED) is 0.619. The zero-order valence-corrected chi connectivity index (χ0v) is 17.8. The molecule has 5 heteroatoms. The molecule has 0 fully saturated rings. The summed E-state index contributed by atoms with van der Waals surface area (Å²) in [6.07, 6.45) is 0.450. The summed E-state index contributed by atoms with van der Waals surface area (Å²) in [6, 6.07) is 23.7. The molecule has 0 radical (unpaired) electrons. The van der Waals surface area contributed by atoms with E-state index in [9.17, 15) is 9.90 Å². The molecule has 2 N–H and O–H groups in total. The lowest BCUT2D eigenvalue weighted by Gasteiger charge is -2.30. The first kappa shape index (κ1) is 21.1. The Labute approximate surface area is 183 Å². The van der Waals surface area contributed by atoms with E-state index in [-0.39, 0.29) is 12.5 Å². The van der Waals surface area contributed by atoms with Crippen LogP contribution < -0.4 is 10.1 Å². The third-order valence-corrected chi connectivity index (χ3v) is 5.64. The molecule has 31 heavy (non-hydrogen) atoms.